The highest BCUT2D eigenvalue weighted by atomic mass is 16.5. The fraction of sp³-hybridized carbons (Fsp3) is 0.333. The standard InChI is InChI=1S/C18H21N3O2/c1-3-6-17(22)21-16-13-15(18-19-10-11-20-18)9-8-14(16)7-4-5-12-23-2/h8-11,13H,4-5,7,12H2,1-2H3,(H,19,20)(H,21,22). The average molecular weight is 311 g/mol. The molecule has 5 heteroatoms. The molecule has 5 nitrogen and oxygen atoms in total. The SMILES string of the molecule is CC#CC(=O)Nc1cc(-c2ncc[nH]2)ccc1CCCCOC. The van der Waals surface area contributed by atoms with E-state index in [4.69, 9.17) is 4.74 Å². The highest BCUT2D eigenvalue weighted by Gasteiger charge is 2.09. The van der Waals surface area contributed by atoms with Gasteiger partial charge in [-0.2, -0.15) is 0 Å². The Balaban J connectivity index is 2.21. The summed E-state index contributed by atoms with van der Waals surface area (Å²) < 4.78 is 5.07. The van der Waals surface area contributed by atoms with Gasteiger partial charge in [0, 0.05) is 37.4 Å². The number of nitrogens with one attached hydrogen (secondary N) is 2. The molecule has 2 aromatic rings. The number of H-pyrrole nitrogens is 1. The number of methoxy groups -OCH3 is 1. The molecule has 23 heavy (non-hydrogen) atoms. The molecule has 120 valence electrons. The van der Waals surface area contributed by atoms with Crippen molar-refractivity contribution >= 4 is 11.6 Å². The third-order valence-corrected chi connectivity index (χ3v) is 3.41. The fourth-order valence-electron chi connectivity index (χ4n) is 2.31. The zero-order valence-electron chi connectivity index (χ0n) is 13.5. The van der Waals surface area contributed by atoms with Crippen molar-refractivity contribution < 1.29 is 9.53 Å². The van der Waals surface area contributed by atoms with Crippen molar-refractivity contribution in [3.8, 4) is 23.2 Å². The van der Waals surface area contributed by atoms with Gasteiger partial charge in [0.1, 0.15) is 5.82 Å². The lowest BCUT2D eigenvalue weighted by Gasteiger charge is -2.11. The third-order valence-electron chi connectivity index (χ3n) is 3.41. The lowest BCUT2D eigenvalue weighted by Crippen LogP contribution is -2.10. The van der Waals surface area contributed by atoms with Gasteiger partial charge in [0.2, 0.25) is 0 Å². The number of anilines is 1. The molecule has 0 saturated carbocycles. The number of aromatic nitrogens is 2. The van der Waals surface area contributed by atoms with Crippen LogP contribution < -0.4 is 5.32 Å². The molecule has 1 amide bonds. The number of aromatic amines is 1. The maximum Gasteiger partial charge on any atom is 0.300 e. The molecule has 0 aliphatic carbocycles. The largest absolute Gasteiger partial charge is 0.385 e. The van der Waals surface area contributed by atoms with Crippen LogP contribution in [-0.2, 0) is 16.0 Å². The van der Waals surface area contributed by atoms with E-state index in [1.54, 1.807) is 26.4 Å². The van der Waals surface area contributed by atoms with Crippen LogP contribution in [-0.4, -0.2) is 29.6 Å². The topological polar surface area (TPSA) is 67.0 Å². The van der Waals surface area contributed by atoms with Crippen LogP contribution in [0.4, 0.5) is 5.69 Å². The number of ether oxygens (including phenoxy) is 1. The molecule has 0 spiro atoms. The van der Waals surface area contributed by atoms with E-state index >= 15 is 0 Å². The second-order valence-corrected chi connectivity index (χ2v) is 5.09. The van der Waals surface area contributed by atoms with Gasteiger partial charge in [-0.1, -0.05) is 18.1 Å². The Hall–Kier alpha value is -2.58. The molecule has 0 fully saturated rings. The van der Waals surface area contributed by atoms with Crippen LogP contribution in [0.25, 0.3) is 11.4 Å². The molecule has 1 aromatic heterocycles. The van der Waals surface area contributed by atoms with Crippen molar-refractivity contribution in [1.82, 2.24) is 9.97 Å². The van der Waals surface area contributed by atoms with Crippen LogP contribution >= 0.6 is 0 Å². The van der Waals surface area contributed by atoms with Gasteiger partial charge < -0.3 is 15.0 Å². The summed E-state index contributed by atoms with van der Waals surface area (Å²) in [6.45, 7) is 2.39. The highest BCUT2D eigenvalue weighted by Crippen LogP contribution is 2.25. The van der Waals surface area contributed by atoms with Crippen LogP contribution in [0.2, 0.25) is 0 Å². The Bertz CT molecular complexity index is 697. The average Bonchev–Trinajstić information content (AvgIpc) is 3.07. The second kappa shape index (κ2) is 8.76. The van der Waals surface area contributed by atoms with Gasteiger partial charge in [0.05, 0.1) is 0 Å². The van der Waals surface area contributed by atoms with E-state index in [2.05, 4.69) is 27.1 Å². The number of hydrogen-bond acceptors (Lipinski definition) is 3. The lowest BCUT2D eigenvalue weighted by molar-refractivity contribution is -0.111. The van der Waals surface area contributed by atoms with E-state index < -0.39 is 0 Å². The highest BCUT2D eigenvalue weighted by molar-refractivity contribution is 6.04. The molecule has 0 bridgehead atoms. The summed E-state index contributed by atoms with van der Waals surface area (Å²) >= 11 is 0. The molecule has 0 aliphatic rings. The normalized spacial score (nSPS) is 10.0. The molecule has 1 heterocycles. The number of unbranched alkanes of at least 4 members (excludes halogenated alkanes) is 1. The van der Waals surface area contributed by atoms with E-state index in [1.165, 1.54) is 0 Å². The van der Waals surface area contributed by atoms with E-state index in [0.29, 0.717) is 0 Å². The Morgan fingerprint density at radius 1 is 1.39 bits per heavy atom. The quantitative estimate of drug-likeness (QED) is 0.610. The van der Waals surface area contributed by atoms with Crippen LogP contribution in [0.3, 0.4) is 0 Å². The van der Waals surface area contributed by atoms with Gasteiger partial charge in [0.25, 0.3) is 5.91 Å². The molecular formula is C18H21N3O2. The van der Waals surface area contributed by atoms with E-state index in [9.17, 15) is 4.79 Å². The molecule has 2 rings (SSSR count). The first-order valence-corrected chi connectivity index (χ1v) is 7.60. The van der Waals surface area contributed by atoms with Gasteiger partial charge in [-0.05, 0) is 43.7 Å². The Morgan fingerprint density at radius 2 is 2.26 bits per heavy atom. The summed E-state index contributed by atoms with van der Waals surface area (Å²) in [5.74, 6) is 5.59. The van der Waals surface area contributed by atoms with Crippen molar-refractivity contribution in [2.45, 2.75) is 26.2 Å². The summed E-state index contributed by atoms with van der Waals surface area (Å²) in [4.78, 5) is 19.1. The predicted octanol–water partition coefficient (Wildman–Crippen LogP) is 3.01. The second-order valence-electron chi connectivity index (χ2n) is 5.09. The number of amides is 1. The predicted molar refractivity (Wildman–Crippen MR) is 90.9 cm³/mol. The zero-order valence-corrected chi connectivity index (χ0v) is 13.5. The van der Waals surface area contributed by atoms with E-state index in [1.807, 2.05) is 18.2 Å². The van der Waals surface area contributed by atoms with E-state index in [-0.39, 0.29) is 5.91 Å². The number of hydrogen-bond donors (Lipinski definition) is 2. The Kier molecular flexibility index (Phi) is 6.40. The van der Waals surface area contributed by atoms with Gasteiger partial charge in [-0.25, -0.2) is 4.98 Å². The summed E-state index contributed by atoms with van der Waals surface area (Å²) in [5, 5.41) is 2.87. The molecule has 0 unspecified atom stereocenters. The fourth-order valence-corrected chi connectivity index (χ4v) is 2.31. The first kappa shape index (κ1) is 16.8. The van der Waals surface area contributed by atoms with Crippen molar-refractivity contribution in [3.05, 3.63) is 36.2 Å². The smallest absolute Gasteiger partial charge is 0.300 e. The maximum atomic E-state index is 11.8. The number of carbonyl (C=O) groups is 1. The van der Waals surface area contributed by atoms with Gasteiger partial charge in [-0.15, -0.1) is 0 Å². The monoisotopic (exact) mass is 311 g/mol. The number of rotatable bonds is 7. The number of aryl methyl sites for hydroxylation is 1. The van der Waals surface area contributed by atoms with E-state index in [0.717, 1.165) is 48.5 Å². The molecule has 2 N–H and O–H groups in total. The number of nitrogens with zero attached hydrogens (tertiary/aromatic N) is 1. The lowest BCUT2D eigenvalue weighted by atomic mass is 10.0. The molecule has 1 aromatic carbocycles. The van der Waals surface area contributed by atoms with Gasteiger partial charge in [0.15, 0.2) is 0 Å². The molecule has 0 radical (unpaired) electrons. The number of imidazole rings is 1. The summed E-state index contributed by atoms with van der Waals surface area (Å²) in [5.41, 5.74) is 2.79. The van der Waals surface area contributed by atoms with Crippen LogP contribution in [0.5, 0.6) is 0 Å². The van der Waals surface area contributed by atoms with Gasteiger partial charge >= 0.3 is 0 Å². The van der Waals surface area contributed by atoms with Gasteiger partial charge in [-0.3, -0.25) is 4.79 Å². The van der Waals surface area contributed by atoms with Crippen molar-refractivity contribution in [2.75, 3.05) is 19.0 Å². The third kappa shape index (κ3) is 4.97. The summed E-state index contributed by atoms with van der Waals surface area (Å²) in [7, 11) is 1.70. The number of carbonyl (C=O) groups excluding carboxylic acids is 1. The van der Waals surface area contributed by atoms with Crippen molar-refractivity contribution in [2.24, 2.45) is 0 Å². The summed E-state index contributed by atoms with van der Waals surface area (Å²) in [6.07, 6.45) is 6.33. The molecule has 0 atom stereocenters. The number of benzene rings is 1. The molecule has 0 saturated heterocycles. The Labute approximate surface area is 136 Å². The minimum Gasteiger partial charge on any atom is -0.385 e. The first-order chi connectivity index (χ1) is 11.2. The van der Waals surface area contributed by atoms with Crippen molar-refractivity contribution in [3.63, 3.8) is 0 Å². The minimum absolute atomic E-state index is 0.303. The molecule has 0 aliphatic heterocycles. The van der Waals surface area contributed by atoms with Crippen LogP contribution in [0.1, 0.15) is 25.3 Å². The maximum absolute atomic E-state index is 11.8. The minimum atomic E-state index is -0.303. The van der Waals surface area contributed by atoms with Crippen LogP contribution in [0, 0.1) is 11.8 Å². The zero-order chi connectivity index (χ0) is 16.5. The summed E-state index contributed by atoms with van der Waals surface area (Å²) in [6, 6.07) is 5.96. The van der Waals surface area contributed by atoms with Crippen molar-refractivity contribution in [1.29, 1.82) is 0 Å². The van der Waals surface area contributed by atoms with Crippen LogP contribution in [0.15, 0.2) is 30.6 Å². The first-order valence-electron chi connectivity index (χ1n) is 7.60. The Morgan fingerprint density at radius 3 is 2.96 bits per heavy atom. The molecular weight excluding hydrogens is 290 g/mol.